The van der Waals surface area contributed by atoms with E-state index < -0.39 is 35.6 Å². The molecule has 0 saturated carbocycles. The lowest BCUT2D eigenvalue weighted by Crippen LogP contribution is -2.45. The highest BCUT2D eigenvalue weighted by Crippen LogP contribution is 2.25. The Morgan fingerprint density at radius 2 is 1.37 bits per heavy atom. The summed E-state index contributed by atoms with van der Waals surface area (Å²) >= 11 is 0. The van der Waals surface area contributed by atoms with Crippen LogP contribution in [-0.4, -0.2) is 40.5 Å². The van der Waals surface area contributed by atoms with E-state index in [0.29, 0.717) is 16.9 Å². The van der Waals surface area contributed by atoms with Crippen LogP contribution in [0.4, 0.5) is 11.4 Å². The van der Waals surface area contributed by atoms with Gasteiger partial charge < -0.3 is 15.4 Å². The number of benzene rings is 3. The molecule has 0 bridgehead atoms. The lowest BCUT2D eigenvalue weighted by Gasteiger charge is -2.21. The van der Waals surface area contributed by atoms with Gasteiger partial charge in [-0.25, -0.2) is 0 Å². The van der Waals surface area contributed by atoms with Gasteiger partial charge in [0.15, 0.2) is 0 Å². The Labute approximate surface area is 200 Å². The molecule has 1 aliphatic heterocycles. The number of imide groups is 1. The van der Waals surface area contributed by atoms with Gasteiger partial charge in [-0.1, -0.05) is 18.2 Å². The summed E-state index contributed by atoms with van der Waals surface area (Å²) in [5.74, 6) is -2.19. The summed E-state index contributed by atoms with van der Waals surface area (Å²) in [4.78, 5) is 62.5. The first-order valence-corrected chi connectivity index (χ1v) is 10.7. The molecule has 0 saturated heterocycles. The molecule has 0 spiro atoms. The molecular weight excluding hydrogens is 450 g/mol. The number of carbonyl (C=O) groups excluding carboxylic acids is 5. The highest BCUT2D eigenvalue weighted by Gasteiger charge is 2.40. The maximum atomic E-state index is 12.7. The second-order valence-corrected chi connectivity index (χ2v) is 7.84. The van der Waals surface area contributed by atoms with E-state index in [2.05, 4.69) is 10.6 Å². The Morgan fingerprint density at radius 3 is 1.94 bits per heavy atom. The zero-order valence-electron chi connectivity index (χ0n) is 18.9. The first kappa shape index (κ1) is 23.4. The summed E-state index contributed by atoms with van der Waals surface area (Å²) in [7, 11) is 0. The lowest BCUT2D eigenvalue weighted by atomic mass is 10.1. The zero-order chi connectivity index (χ0) is 25.1. The lowest BCUT2D eigenvalue weighted by molar-refractivity contribution is -0.131. The number of amides is 4. The van der Waals surface area contributed by atoms with Crippen molar-refractivity contribution in [3.8, 4) is 5.75 Å². The third kappa shape index (κ3) is 4.93. The van der Waals surface area contributed by atoms with Crippen LogP contribution >= 0.6 is 0 Å². The van der Waals surface area contributed by atoms with Crippen molar-refractivity contribution in [2.75, 3.05) is 10.6 Å². The maximum absolute atomic E-state index is 12.7. The van der Waals surface area contributed by atoms with E-state index in [1.807, 2.05) is 0 Å². The van der Waals surface area contributed by atoms with Gasteiger partial charge in [0.2, 0.25) is 5.91 Å². The molecule has 0 fully saturated rings. The largest absolute Gasteiger partial charge is 0.427 e. The fourth-order valence-electron chi connectivity index (χ4n) is 3.63. The molecule has 4 rings (SSSR count). The third-order valence-electron chi connectivity index (χ3n) is 5.36. The van der Waals surface area contributed by atoms with E-state index in [1.54, 1.807) is 66.7 Å². The van der Waals surface area contributed by atoms with E-state index in [-0.39, 0.29) is 16.9 Å². The van der Waals surface area contributed by atoms with Crippen molar-refractivity contribution in [2.24, 2.45) is 0 Å². The Kier molecular flexibility index (Phi) is 6.41. The molecule has 1 unspecified atom stereocenters. The topological polar surface area (TPSA) is 122 Å². The Morgan fingerprint density at radius 1 is 0.800 bits per heavy atom. The zero-order valence-corrected chi connectivity index (χ0v) is 18.9. The molecule has 3 aromatic carbocycles. The van der Waals surface area contributed by atoms with Gasteiger partial charge in [-0.15, -0.1) is 0 Å². The normalized spacial score (nSPS) is 13.1. The standard InChI is InChI=1S/C26H21N3O6/c1-15(29-25(33)21-8-3-4-9-22(21)26(29)34)23(31)27-18-10-12-19(13-11-18)28-24(32)17-6-5-7-20(14-17)35-16(2)30/h3-15H,1-2H3,(H,27,31)(H,28,32). The van der Waals surface area contributed by atoms with E-state index in [4.69, 9.17) is 4.74 Å². The number of anilines is 2. The quantitative estimate of drug-likeness (QED) is 0.322. The molecule has 3 aromatic rings. The van der Waals surface area contributed by atoms with E-state index in [0.717, 1.165) is 4.90 Å². The SMILES string of the molecule is CC(=O)Oc1cccc(C(=O)Nc2ccc(NC(=O)C(C)N3C(=O)c4ccccc4C3=O)cc2)c1. The minimum absolute atomic E-state index is 0.260. The number of carbonyl (C=O) groups is 5. The van der Waals surface area contributed by atoms with Crippen molar-refractivity contribution in [2.45, 2.75) is 19.9 Å². The molecule has 1 atom stereocenters. The molecule has 1 heterocycles. The van der Waals surface area contributed by atoms with Gasteiger partial charge >= 0.3 is 5.97 Å². The second-order valence-electron chi connectivity index (χ2n) is 7.84. The van der Waals surface area contributed by atoms with Crippen LogP contribution < -0.4 is 15.4 Å². The summed E-state index contributed by atoms with van der Waals surface area (Å²) < 4.78 is 4.99. The summed E-state index contributed by atoms with van der Waals surface area (Å²) in [6.45, 7) is 2.75. The molecule has 0 radical (unpaired) electrons. The number of ether oxygens (including phenoxy) is 1. The number of fused-ring (bicyclic) bond motifs is 1. The van der Waals surface area contributed by atoms with Crippen LogP contribution in [-0.2, 0) is 9.59 Å². The summed E-state index contributed by atoms with van der Waals surface area (Å²) in [5, 5.41) is 5.40. The summed E-state index contributed by atoms with van der Waals surface area (Å²) in [6, 6.07) is 18.0. The number of rotatable bonds is 6. The first-order chi connectivity index (χ1) is 16.7. The fourth-order valence-corrected chi connectivity index (χ4v) is 3.63. The molecule has 0 aliphatic carbocycles. The van der Waals surface area contributed by atoms with Gasteiger partial charge in [0.1, 0.15) is 11.8 Å². The number of esters is 1. The van der Waals surface area contributed by atoms with Crippen LogP contribution in [0.2, 0.25) is 0 Å². The van der Waals surface area contributed by atoms with E-state index >= 15 is 0 Å². The van der Waals surface area contributed by atoms with Crippen LogP contribution in [0, 0.1) is 0 Å². The molecule has 9 nitrogen and oxygen atoms in total. The molecule has 4 amide bonds. The monoisotopic (exact) mass is 471 g/mol. The minimum Gasteiger partial charge on any atom is -0.427 e. The van der Waals surface area contributed by atoms with Crippen molar-refractivity contribution in [1.82, 2.24) is 4.90 Å². The number of nitrogens with one attached hydrogen (secondary N) is 2. The van der Waals surface area contributed by atoms with Crippen molar-refractivity contribution in [3.05, 3.63) is 89.5 Å². The fraction of sp³-hybridized carbons (Fsp3) is 0.115. The smallest absolute Gasteiger partial charge is 0.308 e. The first-order valence-electron chi connectivity index (χ1n) is 10.7. The molecule has 9 heteroatoms. The number of hydrogen-bond acceptors (Lipinski definition) is 6. The molecule has 1 aliphatic rings. The van der Waals surface area contributed by atoms with Gasteiger partial charge in [0, 0.05) is 23.9 Å². The third-order valence-corrected chi connectivity index (χ3v) is 5.36. The average Bonchev–Trinajstić information content (AvgIpc) is 3.09. The van der Waals surface area contributed by atoms with Gasteiger partial charge in [-0.05, 0) is 61.5 Å². The van der Waals surface area contributed by atoms with Crippen molar-refractivity contribution < 1.29 is 28.7 Å². The maximum Gasteiger partial charge on any atom is 0.308 e. The van der Waals surface area contributed by atoms with Crippen LogP contribution in [0.3, 0.4) is 0 Å². The van der Waals surface area contributed by atoms with E-state index in [9.17, 15) is 24.0 Å². The highest BCUT2D eigenvalue weighted by molar-refractivity contribution is 6.23. The average molecular weight is 471 g/mol. The molecular formula is C26H21N3O6. The minimum atomic E-state index is -1.02. The Bertz CT molecular complexity index is 1310. The second kappa shape index (κ2) is 9.60. The van der Waals surface area contributed by atoms with Crippen LogP contribution in [0.15, 0.2) is 72.8 Å². The van der Waals surface area contributed by atoms with Crippen LogP contribution in [0.1, 0.15) is 44.9 Å². The van der Waals surface area contributed by atoms with Crippen LogP contribution in [0.25, 0.3) is 0 Å². The molecule has 2 N–H and O–H groups in total. The van der Waals surface area contributed by atoms with Gasteiger partial charge in [0.05, 0.1) is 11.1 Å². The number of nitrogens with zero attached hydrogens (tertiary/aromatic N) is 1. The Balaban J connectivity index is 1.38. The van der Waals surface area contributed by atoms with Gasteiger partial charge in [0.25, 0.3) is 17.7 Å². The predicted octanol–water partition coefficient (Wildman–Crippen LogP) is 3.49. The summed E-state index contributed by atoms with van der Waals surface area (Å²) in [6.07, 6.45) is 0. The molecule has 0 aromatic heterocycles. The van der Waals surface area contributed by atoms with Crippen molar-refractivity contribution >= 4 is 41.0 Å². The molecule has 35 heavy (non-hydrogen) atoms. The summed E-state index contributed by atoms with van der Waals surface area (Å²) in [5.41, 5.74) is 1.75. The van der Waals surface area contributed by atoms with E-state index in [1.165, 1.54) is 19.9 Å². The van der Waals surface area contributed by atoms with Crippen LogP contribution in [0.5, 0.6) is 5.75 Å². The van der Waals surface area contributed by atoms with Crippen molar-refractivity contribution in [1.29, 1.82) is 0 Å². The highest BCUT2D eigenvalue weighted by atomic mass is 16.5. The van der Waals surface area contributed by atoms with Crippen molar-refractivity contribution in [3.63, 3.8) is 0 Å². The Hall–Kier alpha value is -4.79. The van der Waals surface area contributed by atoms with Gasteiger partial charge in [-0.2, -0.15) is 0 Å². The number of hydrogen-bond donors (Lipinski definition) is 2. The molecule has 176 valence electrons. The van der Waals surface area contributed by atoms with Gasteiger partial charge in [-0.3, -0.25) is 28.9 Å². The predicted molar refractivity (Wildman–Crippen MR) is 127 cm³/mol.